The molecule has 0 radical (unpaired) electrons. The van der Waals surface area contributed by atoms with E-state index in [1.54, 1.807) is 9.56 Å². The second kappa shape index (κ2) is 47.9. The fraction of sp³-hybridized carbons (Fsp3) is 0.908. The van der Waals surface area contributed by atoms with Crippen LogP contribution in [-0.2, 0) is 0 Å². The predicted molar refractivity (Wildman–Crippen MR) is 372 cm³/mol. The van der Waals surface area contributed by atoms with Crippen molar-refractivity contribution in [1.82, 2.24) is 0 Å². The minimum atomic E-state index is -2.27. The van der Waals surface area contributed by atoms with Gasteiger partial charge in [0.1, 0.15) is 0 Å². The monoisotopic (exact) mass is 1520 g/mol. The SMILES string of the molecule is CCCCCCCCCCCCCCCC[As](C)(C)(C)I.CCCCCCCCCCCCCCCC[As](C)(C)(I)c1ccccc1.CCCCCCCCCCCCCCCC[As](I)(CC)(CC)CC. The zero-order valence-electron chi connectivity index (χ0n) is 50.8. The Hall–Kier alpha value is 3.09. The second-order valence-electron chi connectivity index (χ2n) is 25.2. The molecule has 1 aromatic carbocycles. The molecule has 430 valence electrons. The molecule has 0 aliphatic rings. The molecule has 0 N–H and O–H groups in total. The first kappa shape index (κ1) is 76.2. The summed E-state index contributed by atoms with van der Waals surface area (Å²) in [6.45, 7) is 14.3. The normalized spacial score (nSPS) is 13.7. The molecule has 0 aliphatic carbocycles. The molecule has 0 atom stereocenters. The van der Waals surface area contributed by atoms with Crippen molar-refractivity contribution in [2.45, 2.75) is 371 Å². The summed E-state index contributed by atoms with van der Waals surface area (Å²) < 4.78 is 1.64. The fourth-order valence-electron chi connectivity index (χ4n) is 10.5. The van der Waals surface area contributed by atoms with Gasteiger partial charge in [0.2, 0.25) is 0 Å². The van der Waals surface area contributed by atoms with E-state index >= 15 is 0 Å². The summed E-state index contributed by atoms with van der Waals surface area (Å²) in [5.41, 5.74) is 12.8. The van der Waals surface area contributed by atoms with Gasteiger partial charge in [0, 0.05) is 0 Å². The summed E-state index contributed by atoms with van der Waals surface area (Å²) in [7, 11) is -5.91. The minimum absolute atomic E-state index is 1.37. The Bertz CT molecular complexity index is 1230. The summed E-state index contributed by atoms with van der Waals surface area (Å²) in [4.78, 5) is 0. The van der Waals surface area contributed by atoms with Gasteiger partial charge in [-0.15, -0.1) is 0 Å². The first-order valence-electron chi connectivity index (χ1n) is 32.0. The molecular weight excluding hydrogens is 1390 g/mol. The number of benzene rings is 1. The van der Waals surface area contributed by atoms with Crippen LogP contribution in [0.3, 0.4) is 0 Å². The Balaban J connectivity index is 0. The van der Waals surface area contributed by atoms with Crippen molar-refractivity contribution in [3.05, 3.63) is 30.3 Å². The summed E-state index contributed by atoms with van der Waals surface area (Å²) >= 11 is 8.62. The van der Waals surface area contributed by atoms with E-state index in [2.05, 4.69) is 161 Å². The van der Waals surface area contributed by atoms with E-state index in [0.29, 0.717) is 0 Å². The Morgan fingerprint density at radius 1 is 0.268 bits per heavy atom. The van der Waals surface area contributed by atoms with Crippen molar-refractivity contribution in [3.8, 4) is 0 Å². The van der Waals surface area contributed by atoms with Crippen molar-refractivity contribution in [3.63, 3.8) is 0 Å². The van der Waals surface area contributed by atoms with Gasteiger partial charge in [0.15, 0.2) is 0 Å². The molecule has 0 heterocycles. The molecule has 0 fully saturated rings. The van der Waals surface area contributed by atoms with Crippen molar-refractivity contribution in [1.29, 1.82) is 0 Å². The summed E-state index contributed by atoms with van der Waals surface area (Å²) in [5.74, 6) is 0. The zero-order chi connectivity index (χ0) is 53.4. The Morgan fingerprint density at radius 2 is 0.479 bits per heavy atom. The maximum absolute atomic E-state index is 2.98. The molecule has 0 aromatic heterocycles. The van der Waals surface area contributed by atoms with Crippen LogP contribution in [0.4, 0.5) is 0 Å². The molecule has 0 saturated carbocycles. The number of hydrogen-bond donors (Lipinski definition) is 0. The van der Waals surface area contributed by atoms with Gasteiger partial charge < -0.3 is 0 Å². The molecule has 6 heteroatoms. The first-order chi connectivity index (χ1) is 33.8. The quantitative estimate of drug-likeness (QED) is 0.0347. The average molecular weight is 1520 g/mol. The van der Waals surface area contributed by atoms with Gasteiger partial charge in [-0.3, -0.25) is 0 Å². The van der Waals surface area contributed by atoms with E-state index in [-0.39, 0.29) is 0 Å². The molecule has 1 aromatic rings. The summed E-state index contributed by atoms with van der Waals surface area (Å²) in [6, 6.07) is 11.3. The number of rotatable bonds is 49. The van der Waals surface area contributed by atoms with Crippen LogP contribution in [0, 0.1) is 0 Å². The van der Waals surface area contributed by atoms with Gasteiger partial charge in [-0.05, 0) is 0 Å². The molecule has 0 spiro atoms. The van der Waals surface area contributed by atoms with Crippen LogP contribution in [0.25, 0.3) is 0 Å². The van der Waals surface area contributed by atoms with Gasteiger partial charge in [-0.1, -0.05) is 78.6 Å². The molecule has 71 heavy (non-hydrogen) atoms. The fourth-order valence-corrected chi connectivity index (χ4v) is 32.3. The van der Waals surface area contributed by atoms with Crippen LogP contribution in [-0.4, -0.2) is 27.3 Å². The van der Waals surface area contributed by atoms with Crippen LogP contribution < -0.4 is 4.35 Å². The average Bonchev–Trinajstić information content (AvgIpc) is 3.34. The molecule has 0 nitrogen and oxygen atoms in total. The van der Waals surface area contributed by atoms with Crippen molar-refractivity contribution < 1.29 is 0 Å². The van der Waals surface area contributed by atoms with E-state index in [4.69, 9.17) is 0 Å². The Labute approximate surface area is 487 Å². The van der Waals surface area contributed by atoms with E-state index < -0.39 is 27.3 Å². The third-order valence-corrected chi connectivity index (χ3v) is 61.6. The van der Waals surface area contributed by atoms with Crippen LogP contribution in [0.15, 0.2) is 30.3 Å². The predicted octanol–water partition coefficient (Wildman–Crippen LogP) is 27.5. The van der Waals surface area contributed by atoms with Crippen LogP contribution in [0.2, 0.25) is 59.8 Å². The second-order valence-corrected chi connectivity index (χ2v) is 111. The molecule has 0 amide bonds. The van der Waals surface area contributed by atoms with Crippen molar-refractivity contribution in [2.24, 2.45) is 0 Å². The number of halogens is 3. The third kappa shape index (κ3) is 51.0. The molecular formula is C65H134As3I3. The van der Waals surface area contributed by atoms with Gasteiger partial charge in [0.25, 0.3) is 0 Å². The summed E-state index contributed by atoms with van der Waals surface area (Å²) in [6.07, 6.45) is 61.6. The molecule has 0 unspecified atom stereocenters. The molecule has 0 aliphatic heterocycles. The van der Waals surface area contributed by atoms with Crippen LogP contribution in [0.1, 0.15) is 311 Å². The number of hydrogen-bond acceptors (Lipinski definition) is 0. The molecule has 0 bridgehead atoms. The zero-order valence-corrected chi connectivity index (χ0v) is 62.9. The maximum atomic E-state index is 2.98. The van der Waals surface area contributed by atoms with Gasteiger partial charge in [-0.2, -0.15) is 0 Å². The van der Waals surface area contributed by atoms with Crippen LogP contribution >= 0.6 is 60.4 Å². The topological polar surface area (TPSA) is 0 Å². The van der Waals surface area contributed by atoms with E-state index in [1.165, 1.54) is 296 Å². The van der Waals surface area contributed by atoms with E-state index in [9.17, 15) is 0 Å². The summed E-state index contributed by atoms with van der Waals surface area (Å²) in [5, 5.41) is 9.08. The Kier molecular flexibility index (Phi) is 51.3. The van der Waals surface area contributed by atoms with E-state index in [0.717, 1.165) is 0 Å². The van der Waals surface area contributed by atoms with E-state index in [1.807, 2.05) is 0 Å². The molecule has 1 rings (SSSR count). The van der Waals surface area contributed by atoms with Gasteiger partial charge in [-0.25, -0.2) is 0 Å². The van der Waals surface area contributed by atoms with Gasteiger partial charge >= 0.3 is 415 Å². The molecule has 0 saturated heterocycles. The van der Waals surface area contributed by atoms with Crippen molar-refractivity contribution >= 4 is 92.0 Å². The standard InChI is InChI=1S/C24H44AsI.C22H48AsI.C19H42AsI/c1-4-5-6-7-8-9-10-11-12-13-14-15-16-20-23-25(2,3,26)24-21-18-17-19-22-24;1-5-9-10-11-12-13-14-15-16-17-18-19-20-21-22-23(24,6-2,7-3)8-4;1-5-6-7-8-9-10-11-12-13-14-15-16-17-18-19-20(2,3,4)21/h17-19,21-22H,4-16,20,23H2,1-3H3;5-22H2,1-4H3;5-19H2,1-4H3. The van der Waals surface area contributed by atoms with Crippen molar-refractivity contribution in [2.75, 3.05) is 0 Å². The number of unbranched alkanes of at least 4 members (excludes halogenated alkanes) is 39. The third-order valence-electron chi connectivity index (χ3n) is 16.4. The van der Waals surface area contributed by atoms with Gasteiger partial charge in [0.05, 0.1) is 0 Å². The first-order valence-corrected chi connectivity index (χ1v) is 67.5. The van der Waals surface area contributed by atoms with Crippen LogP contribution in [0.5, 0.6) is 0 Å². The Morgan fingerprint density at radius 3 is 0.704 bits per heavy atom.